The Kier molecular flexibility index (Phi) is 8.30. The van der Waals surface area contributed by atoms with Crippen molar-refractivity contribution in [2.45, 2.75) is 65.6 Å². The van der Waals surface area contributed by atoms with E-state index in [4.69, 9.17) is 18.6 Å². The molecule has 0 saturated heterocycles. The lowest BCUT2D eigenvalue weighted by Gasteiger charge is -2.21. The monoisotopic (exact) mass is 516 g/mol. The minimum atomic E-state index is -1.30. The summed E-state index contributed by atoms with van der Waals surface area (Å²) in [6.07, 6.45) is 2.48. The van der Waals surface area contributed by atoms with Crippen molar-refractivity contribution in [1.82, 2.24) is 0 Å². The molecule has 38 heavy (non-hydrogen) atoms. The van der Waals surface area contributed by atoms with E-state index in [1.807, 2.05) is 32.0 Å². The molecule has 0 radical (unpaired) electrons. The van der Waals surface area contributed by atoms with Crippen LogP contribution in [0.3, 0.4) is 0 Å². The first-order valence-electron chi connectivity index (χ1n) is 13.1. The smallest absolute Gasteiger partial charge is 0.347 e. The van der Waals surface area contributed by atoms with E-state index in [9.17, 15) is 9.90 Å². The summed E-state index contributed by atoms with van der Waals surface area (Å²) in [5.41, 5.74) is 2.98. The van der Waals surface area contributed by atoms with Crippen molar-refractivity contribution >= 4 is 16.9 Å². The molecule has 6 nitrogen and oxygen atoms in total. The van der Waals surface area contributed by atoms with Gasteiger partial charge in [-0.15, -0.1) is 0 Å². The van der Waals surface area contributed by atoms with Crippen LogP contribution in [0.25, 0.3) is 22.1 Å². The zero-order chi connectivity index (χ0) is 27.3. The van der Waals surface area contributed by atoms with Crippen molar-refractivity contribution in [1.29, 1.82) is 0 Å². The minimum absolute atomic E-state index is 0.0633. The molecule has 4 aromatic rings. The molecule has 0 aliphatic carbocycles. The van der Waals surface area contributed by atoms with Crippen molar-refractivity contribution in [3.8, 4) is 28.4 Å². The Bertz CT molecular complexity index is 1370. The van der Waals surface area contributed by atoms with E-state index in [0.29, 0.717) is 24.5 Å². The molecule has 0 spiro atoms. The third-order valence-electron chi connectivity index (χ3n) is 6.49. The Morgan fingerprint density at radius 3 is 2.34 bits per heavy atom. The van der Waals surface area contributed by atoms with E-state index in [-0.39, 0.29) is 6.10 Å². The fraction of sp³-hybridized carbons (Fsp3) is 0.344. The SMILES string of the molecule is CCCc1c(O[C@@H](C)CCOc2ccc(OC(C)(C)C(=O)O)cc2)ccc2c(-c3ccccc3)c(C)oc12. The Labute approximate surface area is 224 Å². The molecule has 6 heteroatoms. The van der Waals surface area contributed by atoms with Gasteiger partial charge in [-0.1, -0.05) is 43.7 Å². The lowest BCUT2D eigenvalue weighted by atomic mass is 9.99. The first-order chi connectivity index (χ1) is 18.2. The molecular formula is C32H36O6. The van der Waals surface area contributed by atoms with Crippen LogP contribution < -0.4 is 14.2 Å². The highest BCUT2D eigenvalue weighted by atomic mass is 16.5. The molecular weight excluding hydrogens is 480 g/mol. The van der Waals surface area contributed by atoms with Gasteiger partial charge in [-0.2, -0.15) is 0 Å². The maximum Gasteiger partial charge on any atom is 0.347 e. The Hall–Kier alpha value is -3.93. The number of carbonyl (C=O) groups is 1. The molecule has 0 saturated carbocycles. The van der Waals surface area contributed by atoms with Crippen LogP contribution in [-0.2, 0) is 11.2 Å². The van der Waals surface area contributed by atoms with Gasteiger partial charge in [0.25, 0.3) is 0 Å². The van der Waals surface area contributed by atoms with E-state index in [0.717, 1.165) is 52.0 Å². The van der Waals surface area contributed by atoms with Crippen LogP contribution in [0.5, 0.6) is 17.2 Å². The summed E-state index contributed by atoms with van der Waals surface area (Å²) in [6, 6.07) is 21.5. The molecule has 4 rings (SSSR count). The second-order valence-electron chi connectivity index (χ2n) is 10.0. The van der Waals surface area contributed by atoms with Gasteiger partial charge in [0, 0.05) is 22.9 Å². The van der Waals surface area contributed by atoms with Gasteiger partial charge >= 0.3 is 5.97 Å². The van der Waals surface area contributed by atoms with E-state index >= 15 is 0 Å². The van der Waals surface area contributed by atoms with Crippen LogP contribution in [0.15, 0.2) is 71.1 Å². The molecule has 1 heterocycles. The van der Waals surface area contributed by atoms with E-state index in [2.05, 4.69) is 31.2 Å². The number of hydrogen-bond donors (Lipinski definition) is 1. The number of carboxylic acids is 1. The Balaban J connectivity index is 1.41. The average Bonchev–Trinajstić information content (AvgIpc) is 3.23. The third kappa shape index (κ3) is 6.13. The van der Waals surface area contributed by atoms with Crippen molar-refractivity contribution < 1.29 is 28.5 Å². The van der Waals surface area contributed by atoms with Crippen molar-refractivity contribution in [3.63, 3.8) is 0 Å². The normalized spacial score (nSPS) is 12.3. The van der Waals surface area contributed by atoms with E-state index in [1.165, 1.54) is 13.8 Å². The average molecular weight is 517 g/mol. The largest absolute Gasteiger partial charge is 0.493 e. The van der Waals surface area contributed by atoms with E-state index in [1.54, 1.807) is 24.3 Å². The van der Waals surface area contributed by atoms with E-state index < -0.39 is 11.6 Å². The highest BCUT2D eigenvalue weighted by Crippen LogP contribution is 2.40. The summed E-state index contributed by atoms with van der Waals surface area (Å²) >= 11 is 0. The molecule has 0 amide bonds. The van der Waals surface area contributed by atoms with Gasteiger partial charge in [0.15, 0.2) is 5.60 Å². The van der Waals surface area contributed by atoms with Crippen LogP contribution >= 0.6 is 0 Å². The lowest BCUT2D eigenvalue weighted by Crippen LogP contribution is -2.37. The van der Waals surface area contributed by atoms with Gasteiger partial charge < -0.3 is 23.7 Å². The first kappa shape index (κ1) is 27.1. The number of furan rings is 1. The van der Waals surface area contributed by atoms with Crippen LogP contribution in [0.2, 0.25) is 0 Å². The summed E-state index contributed by atoms with van der Waals surface area (Å²) in [5.74, 6) is 1.90. The van der Waals surface area contributed by atoms with Crippen molar-refractivity contribution in [2.24, 2.45) is 0 Å². The Morgan fingerprint density at radius 2 is 1.68 bits per heavy atom. The highest BCUT2D eigenvalue weighted by molar-refractivity contribution is 5.98. The summed E-state index contributed by atoms with van der Waals surface area (Å²) in [7, 11) is 0. The van der Waals surface area contributed by atoms with Gasteiger partial charge in [0.1, 0.15) is 28.6 Å². The second kappa shape index (κ2) is 11.6. The predicted octanol–water partition coefficient (Wildman–Crippen LogP) is 7.84. The number of hydrogen-bond acceptors (Lipinski definition) is 5. The number of carboxylic acid groups (broad SMARTS) is 1. The van der Waals surface area contributed by atoms with Crippen LogP contribution in [0.1, 0.15) is 51.9 Å². The third-order valence-corrected chi connectivity index (χ3v) is 6.49. The quantitative estimate of drug-likeness (QED) is 0.207. The molecule has 0 aliphatic heterocycles. The molecule has 0 unspecified atom stereocenters. The fourth-order valence-electron chi connectivity index (χ4n) is 4.44. The maximum absolute atomic E-state index is 11.3. The number of fused-ring (bicyclic) bond motifs is 1. The summed E-state index contributed by atoms with van der Waals surface area (Å²) in [4.78, 5) is 11.3. The van der Waals surface area contributed by atoms with Crippen LogP contribution in [0, 0.1) is 6.92 Å². The van der Waals surface area contributed by atoms with Gasteiger partial charge in [0.2, 0.25) is 0 Å². The number of aliphatic carboxylic acids is 1. The summed E-state index contributed by atoms with van der Waals surface area (Å²) in [5, 5.41) is 10.3. The first-order valence-corrected chi connectivity index (χ1v) is 13.1. The molecule has 3 aromatic carbocycles. The zero-order valence-corrected chi connectivity index (χ0v) is 22.7. The Morgan fingerprint density at radius 1 is 1.00 bits per heavy atom. The van der Waals surface area contributed by atoms with Gasteiger partial charge in [-0.25, -0.2) is 4.79 Å². The number of ether oxygens (including phenoxy) is 3. The zero-order valence-electron chi connectivity index (χ0n) is 22.7. The second-order valence-corrected chi connectivity index (χ2v) is 10.0. The van der Waals surface area contributed by atoms with Crippen LogP contribution in [-0.4, -0.2) is 29.4 Å². The molecule has 1 atom stereocenters. The lowest BCUT2D eigenvalue weighted by molar-refractivity contribution is -0.152. The van der Waals surface area contributed by atoms with Crippen LogP contribution in [0.4, 0.5) is 0 Å². The molecule has 1 N–H and O–H groups in total. The van der Waals surface area contributed by atoms with Gasteiger partial charge in [-0.05, 0) is 76.1 Å². The molecule has 0 aliphatic rings. The fourth-order valence-corrected chi connectivity index (χ4v) is 4.44. The van der Waals surface area contributed by atoms with Gasteiger partial charge in [0.05, 0.1) is 12.7 Å². The molecule has 200 valence electrons. The number of aryl methyl sites for hydroxylation is 2. The summed E-state index contributed by atoms with van der Waals surface area (Å²) in [6.45, 7) is 9.72. The minimum Gasteiger partial charge on any atom is -0.493 e. The highest BCUT2D eigenvalue weighted by Gasteiger charge is 2.29. The van der Waals surface area contributed by atoms with Crippen molar-refractivity contribution in [3.05, 3.63) is 78.1 Å². The molecule has 1 aromatic heterocycles. The number of rotatable bonds is 12. The van der Waals surface area contributed by atoms with Crippen molar-refractivity contribution in [2.75, 3.05) is 6.61 Å². The number of benzene rings is 3. The standard InChI is InChI=1S/C32H36O6/c1-6-10-26-28(18-17-27-29(22(3)37-30(26)27)23-11-8-7-9-12-23)36-21(2)19-20-35-24-13-15-25(16-14-24)38-32(4,5)31(33)34/h7-9,11-18,21H,6,10,19-20H2,1-5H3,(H,33,34)/t21-/m0/s1. The maximum atomic E-state index is 11.3. The summed E-state index contributed by atoms with van der Waals surface area (Å²) < 4.78 is 24.1. The topological polar surface area (TPSA) is 78.1 Å². The van der Waals surface area contributed by atoms with Gasteiger partial charge in [-0.3, -0.25) is 0 Å². The predicted molar refractivity (Wildman–Crippen MR) is 149 cm³/mol. The molecule has 0 bridgehead atoms. The molecule has 0 fully saturated rings.